The van der Waals surface area contributed by atoms with Crippen molar-refractivity contribution in [3.63, 3.8) is 0 Å². The number of rotatable bonds is 4. The fourth-order valence-electron chi connectivity index (χ4n) is 1.83. The Kier molecular flexibility index (Phi) is 22.0. The summed E-state index contributed by atoms with van der Waals surface area (Å²) in [7, 11) is 0. The molecule has 0 fully saturated rings. The summed E-state index contributed by atoms with van der Waals surface area (Å²) in [5.74, 6) is 1.44. The second-order valence-electron chi connectivity index (χ2n) is 5.63. The van der Waals surface area contributed by atoms with Crippen molar-refractivity contribution in [1.82, 2.24) is 15.0 Å². The molecule has 0 radical (unpaired) electrons. The maximum absolute atomic E-state index is 4.04. The van der Waals surface area contributed by atoms with Gasteiger partial charge in [0.25, 0.3) is 0 Å². The van der Waals surface area contributed by atoms with E-state index in [1.165, 1.54) is 11.3 Å². The first-order chi connectivity index (χ1) is 11.1. The van der Waals surface area contributed by atoms with Gasteiger partial charge in [-0.05, 0) is 36.3 Å². The molecule has 2 rings (SSSR count). The fourth-order valence-corrected chi connectivity index (χ4v) is 1.83. The van der Waals surface area contributed by atoms with Gasteiger partial charge in [-0.25, -0.2) is 4.98 Å². The van der Waals surface area contributed by atoms with Crippen LogP contribution in [0.15, 0.2) is 37.1 Å². The van der Waals surface area contributed by atoms with Crippen LogP contribution in [0.3, 0.4) is 0 Å². The predicted molar refractivity (Wildman–Crippen MR) is 109 cm³/mol. The summed E-state index contributed by atoms with van der Waals surface area (Å²) in [5.41, 5.74) is 2.56. The Hall–Kier alpha value is -1.64. The van der Waals surface area contributed by atoms with E-state index < -0.39 is 0 Å². The quantitative estimate of drug-likeness (QED) is 0.686. The molecular formula is C21H41N3. The van der Waals surface area contributed by atoms with Crippen molar-refractivity contribution in [3.8, 4) is 0 Å². The summed E-state index contributed by atoms with van der Waals surface area (Å²) >= 11 is 0. The van der Waals surface area contributed by atoms with Crippen LogP contribution in [-0.2, 0) is 12.8 Å². The molecule has 3 nitrogen and oxygen atoms in total. The first kappa shape index (κ1) is 27.2. The normalized spacial score (nSPS) is 8.75. The van der Waals surface area contributed by atoms with Crippen LogP contribution in [0.4, 0.5) is 0 Å². The number of H-pyrrole nitrogens is 1. The van der Waals surface area contributed by atoms with E-state index in [0.717, 1.165) is 18.8 Å². The van der Waals surface area contributed by atoms with E-state index in [0.29, 0.717) is 5.92 Å². The SMILES string of the molecule is C.CC.CC.CC(C)Cc1cccnc1.CC(C)Cc1cnc[nH]1. The van der Waals surface area contributed by atoms with E-state index in [9.17, 15) is 0 Å². The Morgan fingerprint density at radius 1 is 0.875 bits per heavy atom. The molecule has 2 aromatic rings. The molecule has 0 aromatic carbocycles. The average molecular weight is 336 g/mol. The molecule has 140 valence electrons. The van der Waals surface area contributed by atoms with Crippen molar-refractivity contribution in [2.45, 2.75) is 75.7 Å². The number of imidazole rings is 1. The van der Waals surface area contributed by atoms with Crippen LogP contribution < -0.4 is 0 Å². The van der Waals surface area contributed by atoms with Crippen molar-refractivity contribution >= 4 is 0 Å². The number of aromatic amines is 1. The van der Waals surface area contributed by atoms with Gasteiger partial charge >= 0.3 is 0 Å². The van der Waals surface area contributed by atoms with Gasteiger partial charge in [0.05, 0.1) is 6.33 Å². The highest BCUT2D eigenvalue weighted by Crippen LogP contribution is 2.04. The topological polar surface area (TPSA) is 41.6 Å². The summed E-state index contributed by atoms with van der Waals surface area (Å²) in [6.07, 6.45) is 9.56. The lowest BCUT2D eigenvalue weighted by Crippen LogP contribution is -1.93. The Labute approximate surface area is 151 Å². The summed E-state index contributed by atoms with van der Waals surface area (Å²) in [6.45, 7) is 16.8. The first-order valence-electron chi connectivity index (χ1n) is 8.94. The molecule has 0 amide bonds. The Bertz CT molecular complexity index is 420. The molecule has 0 spiro atoms. The monoisotopic (exact) mass is 335 g/mol. The third-order valence-electron chi connectivity index (χ3n) is 2.55. The molecule has 0 aliphatic heterocycles. The minimum absolute atomic E-state index is 0. The van der Waals surface area contributed by atoms with Gasteiger partial charge in [0.1, 0.15) is 0 Å². The van der Waals surface area contributed by atoms with Crippen LogP contribution >= 0.6 is 0 Å². The van der Waals surface area contributed by atoms with E-state index in [-0.39, 0.29) is 7.43 Å². The summed E-state index contributed by atoms with van der Waals surface area (Å²) in [5, 5.41) is 0. The standard InChI is InChI=1S/C9H13N.C7H12N2.2C2H6.CH4/c1-8(2)6-9-4-3-5-10-7-9;1-6(2)3-7-4-8-5-9-7;2*1-2;/h3-5,7-8H,6H2,1-2H3;4-6H,3H2,1-2H3,(H,8,9);2*1-2H3;1H4. The van der Waals surface area contributed by atoms with Crippen LogP contribution in [-0.4, -0.2) is 15.0 Å². The average Bonchev–Trinajstić information content (AvgIpc) is 3.04. The molecule has 0 saturated heterocycles. The highest BCUT2D eigenvalue weighted by Gasteiger charge is 1.96. The Balaban J connectivity index is -0.000000295. The summed E-state index contributed by atoms with van der Waals surface area (Å²) in [4.78, 5) is 11.0. The number of hydrogen-bond acceptors (Lipinski definition) is 2. The van der Waals surface area contributed by atoms with Gasteiger partial charge < -0.3 is 4.98 Å². The van der Waals surface area contributed by atoms with Crippen LogP contribution in [0.25, 0.3) is 0 Å². The van der Waals surface area contributed by atoms with Gasteiger partial charge in [-0.3, -0.25) is 4.98 Å². The van der Waals surface area contributed by atoms with Gasteiger partial charge in [0.15, 0.2) is 0 Å². The smallest absolute Gasteiger partial charge is 0.0921 e. The maximum atomic E-state index is 4.04. The lowest BCUT2D eigenvalue weighted by molar-refractivity contribution is 0.637. The molecular weight excluding hydrogens is 294 g/mol. The lowest BCUT2D eigenvalue weighted by atomic mass is 10.1. The largest absolute Gasteiger partial charge is 0.348 e. The van der Waals surface area contributed by atoms with E-state index in [2.05, 4.69) is 48.7 Å². The summed E-state index contributed by atoms with van der Waals surface area (Å²) in [6, 6.07) is 4.10. The lowest BCUT2D eigenvalue weighted by Gasteiger charge is -2.01. The number of nitrogens with zero attached hydrogens (tertiary/aromatic N) is 2. The zero-order chi connectivity index (χ0) is 18.1. The zero-order valence-corrected chi connectivity index (χ0v) is 16.4. The number of pyridine rings is 1. The molecule has 2 heterocycles. The van der Waals surface area contributed by atoms with Crippen LogP contribution in [0.2, 0.25) is 0 Å². The third-order valence-corrected chi connectivity index (χ3v) is 2.55. The number of aromatic nitrogens is 3. The Morgan fingerprint density at radius 3 is 1.83 bits per heavy atom. The highest BCUT2D eigenvalue weighted by molar-refractivity contribution is 5.08. The Morgan fingerprint density at radius 2 is 1.46 bits per heavy atom. The second kappa shape index (κ2) is 19.4. The predicted octanol–water partition coefficient (Wildman–Crippen LogP) is 6.58. The fraction of sp³-hybridized carbons (Fsp3) is 0.619. The van der Waals surface area contributed by atoms with Gasteiger partial charge in [0, 0.05) is 24.3 Å². The minimum atomic E-state index is 0. The zero-order valence-electron chi connectivity index (χ0n) is 16.4. The summed E-state index contributed by atoms with van der Waals surface area (Å²) < 4.78 is 0. The molecule has 0 aliphatic carbocycles. The maximum Gasteiger partial charge on any atom is 0.0921 e. The van der Waals surface area contributed by atoms with Gasteiger partial charge in [-0.15, -0.1) is 0 Å². The van der Waals surface area contributed by atoms with Gasteiger partial charge in [0.2, 0.25) is 0 Å². The second-order valence-corrected chi connectivity index (χ2v) is 5.63. The van der Waals surface area contributed by atoms with Crippen molar-refractivity contribution < 1.29 is 0 Å². The molecule has 0 aliphatic rings. The van der Waals surface area contributed by atoms with E-state index in [1.54, 1.807) is 6.33 Å². The minimum Gasteiger partial charge on any atom is -0.348 e. The molecule has 0 bridgehead atoms. The molecule has 0 unspecified atom stereocenters. The van der Waals surface area contributed by atoms with Gasteiger partial charge in [-0.2, -0.15) is 0 Å². The highest BCUT2D eigenvalue weighted by atomic mass is 14.9. The molecule has 3 heteroatoms. The third kappa shape index (κ3) is 16.7. The number of nitrogens with one attached hydrogen (secondary N) is 1. The van der Waals surface area contributed by atoms with Crippen molar-refractivity contribution in [2.75, 3.05) is 0 Å². The van der Waals surface area contributed by atoms with E-state index in [4.69, 9.17) is 0 Å². The molecule has 1 N–H and O–H groups in total. The number of hydrogen-bond donors (Lipinski definition) is 1. The molecule has 0 atom stereocenters. The van der Waals surface area contributed by atoms with Crippen molar-refractivity contribution in [1.29, 1.82) is 0 Å². The molecule has 24 heavy (non-hydrogen) atoms. The van der Waals surface area contributed by atoms with Gasteiger partial charge in [-0.1, -0.05) is 68.9 Å². The van der Waals surface area contributed by atoms with Crippen LogP contribution in [0.1, 0.15) is 74.1 Å². The van der Waals surface area contributed by atoms with Crippen LogP contribution in [0.5, 0.6) is 0 Å². The van der Waals surface area contributed by atoms with E-state index >= 15 is 0 Å². The van der Waals surface area contributed by atoms with Crippen molar-refractivity contribution in [2.24, 2.45) is 11.8 Å². The first-order valence-corrected chi connectivity index (χ1v) is 8.94. The molecule has 2 aromatic heterocycles. The molecule has 0 saturated carbocycles. The van der Waals surface area contributed by atoms with Crippen molar-refractivity contribution in [3.05, 3.63) is 48.3 Å². The van der Waals surface area contributed by atoms with E-state index in [1.807, 2.05) is 52.4 Å². The van der Waals surface area contributed by atoms with Crippen LogP contribution in [0, 0.1) is 11.8 Å².